The molecule has 1 aromatic heterocycles. The molecular weight excluding hydrogens is 304 g/mol. The number of nitrogens with one attached hydrogen (secondary N) is 2. The average Bonchev–Trinajstić information content (AvgIpc) is 3.11. The Morgan fingerprint density at radius 2 is 1.79 bits per heavy atom. The fourth-order valence-electron chi connectivity index (χ4n) is 2.90. The van der Waals surface area contributed by atoms with Gasteiger partial charge in [0.1, 0.15) is 5.69 Å². The second-order valence-electron chi connectivity index (χ2n) is 6.03. The minimum atomic E-state index is -0.0643. The third-order valence-electron chi connectivity index (χ3n) is 4.17. The molecule has 1 fully saturated rings. The van der Waals surface area contributed by atoms with E-state index in [9.17, 15) is 9.59 Å². The predicted molar refractivity (Wildman–Crippen MR) is 92.7 cm³/mol. The fraction of sp³-hybridized carbons (Fsp3) is 0.333. The van der Waals surface area contributed by atoms with Crippen LogP contribution in [0.5, 0.6) is 0 Å². The second-order valence-corrected chi connectivity index (χ2v) is 6.03. The maximum Gasteiger partial charge on any atom is 0.270 e. The van der Waals surface area contributed by atoms with Gasteiger partial charge in [0.25, 0.3) is 5.91 Å². The minimum Gasteiger partial charge on any atom is -0.357 e. The van der Waals surface area contributed by atoms with Gasteiger partial charge in [-0.15, -0.1) is 0 Å². The normalized spacial score (nSPS) is 15.3. The Morgan fingerprint density at radius 3 is 2.38 bits per heavy atom. The van der Waals surface area contributed by atoms with Crippen LogP contribution in [0.1, 0.15) is 23.0 Å². The largest absolute Gasteiger partial charge is 0.357 e. The molecular formula is C18H22N4O2. The van der Waals surface area contributed by atoms with E-state index in [2.05, 4.69) is 15.2 Å². The van der Waals surface area contributed by atoms with Gasteiger partial charge in [-0.3, -0.25) is 14.5 Å². The van der Waals surface area contributed by atoms with Crippen molar-refractivity contribution in [1.82, 2.24) is 14.8 Å². The highest BCUT2D eigenvalue weighted by molar-refractivity contribution is 5.92. The van der Waals surface area contributed by atoms with E-state index >= 15 is 0 Å². The van der Waals surface area contributed by atoms with Gasteiger partial charge in [0.05, 0.1) is 0 Å². The molecule has 1 aliphatic rings. The summed E-state index contributed by atoms with van der Waals surface area (Å²) in [5, 5.41) is 2.77. The first-order valence-corrected chi connectivity index (χ1v) is 8.13. The summed E-state index contributed by atoms with van der Waals surface area (Å²) in [7, 11) is 0. The molecule has 2 N–H and O–H groups in total. The summed E-state index contributed by atoms with van der Waals surface area (Å²) in [5.74, 6) is 0.00455. The molecule has 3 rings (SSSR count). The number of aromatic amines is 1. The summed E-state index contributed by atoms with van der Waals surface area (Å²) in [6, 6.07) is 11.5. The number of carbonyl (C=O) groups is 2. The van der Waals surface area contributed by atoms with E-state index in [1.54, 1.807) is 6.20 Å². The topological polar surface area (TPSA) is 68.4 Å². The smallest absolute Gasteiger partial charge is 0.270 e. The molecule has 6 nitrogen and oxygen atoms in total. The molecule has 2 heterocycles. The molecule has 0 bridgehead atoms. The number of piperazine rings is 1. The van der Waals surface area contributed by atoms with Crippen molar-refractivity contribution in [2.24, 2.45) is 0 Å². The van der Waals surface area contributed by atoms with E-state index in [-0.39, 0.29) is 11.8 Å². The third-order valence-corrected chi connectivity index (χ3v) is 4.17. The van der Waals surface area contributed by atoms with Gasteiger partial charge in [0.2, 0.25) is 5.91 Å². The number of nitrogens with zero attached hydrogens (tertiary/aromatic N) is 2. The van der Waals surface area contributed by atoms with Crippen LogP contribution in [-0.4, -0.2) is 52.8 Å². The molecule has 1 aliphatic heterocycles. The number of anilines is 1. The van der Waals surface area contributed by atoms with Crippen molar-refractivity contribution >= 4 is 17.5 Å². The summed E-state index contributed by atoms with van der Waals surface area (Å²) < 4.78 is 0. The van der Waals surface area contributed by atoms with Gasteiger partial charge >= 0.3 is 0 Å². The average molecular weight is 326 g/mol. The van der Waals surface area contributed by atoms with Crippen LogP contribution in [-0.2, 0) is 11.3 Å². The number of aromatic nitrogens is 1. The molecule has 0 saturated carbocycles. The number of amides is 2. The lowest BCUT2D eigenvalue weighted by molar-refractivity contribution is -0.114. The molecule has 0 unspecified atom stereocenters. The number of hydrogen-bond donors (Lipinski definition) is 2. The molecule has 0 spiro atoms. The molecule has 6 heteroatoms. The van der Waals surface area contributed by atoms with Gasteiger partial charge in [-0.25, -0.2) is 0 Å². The van der Waals surface area contributed by atoms with Crippen LogP contribution < -0.4 is 5.32 Å². The van der Waals surface area contributed by atoms with Gasteiger partial charge in [-0.1, -0.05) is 12.1 Å². The van der Waals surface area contributed by atoms with Crippen molar-refractivity contribution in [2.75, 3.05) is 31.5 Å². The van der Waals surface area contributed by atoms with Crippen molar-refractivity contribution in [3.05, 3.63) is 53.9 Å². The monoisotopic (exact) mass is 326 g/mol. The third kappa shape index (κ3) is 4.02. The van der Waals surface area contributed by atoms with Gasteiger partial charge in [-0.05, 0) is 29.8 Å². The molecule has 0 aliphatic carbocycles. The first-order chi connectivity index (χ1) is 11.6. The van der Waals surface area contributed by atoms with Crippen molar-refractivity contribution < 1.29 is 9.59 Å². The highest BCUT2D eigenvalue weighted by Crippen LogP contribution is 2.14. The van der Waals surface area contributed by atoms with Gasteiger partial charge < -0.3 is 15.2 Å². The molecule has 2 amide bonds. The van der Waals surface area contributed by atoms with Crippen LogP contribution in [0.4, 0.5) is 5.69 Å². The van der Waals surface area contributed by atoms with Crippen LogP contribution in [0.3, 0.4) is 0 Å². The van der Waals surface area contributed by atoms with Gasteiger partial charge in [0, 0.05) is 51.5 Å². The molecule has 1 saturated heterocycles. The van der Waals surface area contributed by atoms with Crippen LogP contribution in [0.25, 0.3) is 0 Å². The molecule has 2 aromatic rings. The first kappa shape index (κ1) is 16.3. The van der Waals surface area contributed by atoms with E-state index in [0.717, 1.165) is 38.4 Å². The van der Waals surface area contributed by atoms with E-state index in [4.69, 9.17) is 0 Å². The number of hydrogen-bond acceptors (Lipinski definition) is 3. The quantitative estimate of drug-likeness (QED) is 0.902. The van der Waals surface area contributed by atoms with Crippen molar-refractivity contribution in [2.45, 2.75) is 13.5 Å². The summed E-state index contributed by atoms with van der Waals surface area (Å²) in [4.78, 5) is 30.5. The SMILES string of the molecule is CC(=O)Nc1ccc(CN2CCN(C(=O)c3ccc[nH]3)CC2)cc1. The number of benzene rings is 1. The summed E-state index contributed by atoms with van der Waals surface area (Å²) in [6.07, 6.45) is 1.77. The number of carbonyl (C=O) groups excluding carboxylic acids is 2. The van der Waals surface area contributed by atoms with Crippen LogP contribution >= 0.6 is 0 Å². The second kappa shape index (κ2) is 7.31. The van der Waals surface area contributed by atoms with Crippen LogP contribution in [0.15, 0.2) is 42.6 Å². The Bertz CT molecular complexity index is 686. The maximum absolute atomic E-state index is 12.3. The van der Waals surface area contributed by atoms with Crippen molar-refractivity contribution in [3.8, 4) is 0 Å². The molecule has 126 valence electrons. The maximum atomic E-state index is 12.3. The lowest BCUT2D eigenvalue weighted by Gasteiger charge is -2.34. The van der Waals surface area contributed by atoms with E-state index in [1.165, 1.54) is 12.5 Å². The summed E-state index contributed by atoms with van der Waals surface area (Å²) >= 11 is 0. The first-order valence-electron chi connectivity index (χ1n) is 8.13. The Morgan fingerprint density at radius 1 is 1.08 bits per heavy atom. The number of H-pyrrole nitrogens is 1. The highest BCUT2D eigenvalue weighted by atomic mass is 16.2. The van der Waals surface area contributed by atoms with E-state index in [1.807, 2.05) is 41.3 Å². The van der Waals surface area contributed by atoms with Crippen LogP contribution in [0, 0.1) is 0 Å². The fourth-order valence-corrected chi connectivity index (χ4v) is 2.90. The van der Waals surface area contributed by atoms with E-state index in [0.29, 0.717) is 5.69 Å². The standard InChI is InChI=1S/C18H22N4O2/c1-14(23)20-16-6-4-15(5-7-16)13-21-9-11-22(12-10-21)18(24)17-3-2-8-19-17/h2-8,19H,9-13H2,1H3,(H,20,23). The Balaban J connectivity index is 1.50. The van der Waals surface area contributed by atoms with Crippen LogP contribution in [0.2, 0.25) is 0 Å². The van der Waals surface area contributed by atoms with E-state index < -0.39 is 0 Å². The zero-order chi connectivity index (χ0) is 16.9. The molecule has 0 radical (unpaired) electrons. The Labute approximate surface area is 141 Å². The zero-order valence-corrected chi connectivity index (χ0v) is 13.8. The zero-order valence-electron chi connectivity index (χ0n) is 13.8. The predicted octanol–water partition coefficient (Wildman–Crippen LogP) is 1.93. The lowest BCUT2D eigenvalue weighted by atomic mass is 10.1. The van der Waals surface area contributed by atoms with Crippen molar-refractivity contribution in [3.63, 3.8) is 0 Å². The Kier molecular flexibility index (Phi) is 4.96. The molecule has 24 heavy (non-hydrogen) atoms. The highest BCUT2D eigenvalue weighted by Gasteiger charge is 2.22. The Hall–Kier alpha value is -2.60. The summed E-state index contributed by atoms with van der Waals surface area (Å²) in [6.45, 7) is 5.55. The molecule has 0 atom stereocenters. The minimum absolute atomic E-state index is 0.0643. The lowest BCUT2D eigenvalue weighted by Crippen LogP contribution is -2.48. The van der Waals surface area contributed by atoms with Gasteiger partial charge in [0.15, 0.2) is 0 Å². The number of rotatable bonds is 4. The van der Waals surface area contributed by atoms with Gasteiger partial charge in [-0.2, -0.15) is 0 Å². The van der Waals surface area contributed by atoms with Crippen molar-refractivity contribution in [1.29, 1.82) is 0 Å². The molecule has 1 aromatic carbocycles. The summed E-state index contributed by atoms with van der Waals surface area (Å²) in [5.41, 5.74) is 2.66.